The zero-order valence-corrected chi connectivity index (χ0v) is 9.79. The van der Waals surface area contributed by atoms with E-state index in [1.165, 1.54) is 24.3 Å². The standard InChI is InChI=1S/C10H9ClN2O2S/c11-7-1-3-8(4-2-7)16(14,15)9-5-10(9,13)6-12/h1-4,9H,5,13H2. The predicted molar refractivity (Wildman–Crippen MR) is 59.6 cm³/mol. The van der Waals surface area contributed by atoms with Crippen LogP contribution in [0.2, 0.25) is 5.02 Å². The highest BCUT2D eigenvalue weighted by molar-refractivity contribution is 7.92. The van der Waals surface area contributed by atoms with E-state index in [1.807, 2.05) is 6.07 Å². The lowest BCUT2D eigenvalue weighted by molar-refractivity contribution is 0.592. The van der Waals surface area contributed by atoms with Gasteiger partial charge in [-0.15, -0.1) is 0 Å². The van der Waals surface area contributed by atoms with Crippen molar-refractivity contribution in [2.75, 3.05) is 0 Å². The van der Waals surface area contributed by atoms with E-state index in [4.69, 9.17) is 22.6 Å². The highest BCUT2D eigenvalue weighted by Crippen LogP contribution is 2.42. The molecule has 0 spiro atoms. The lowest BCUT2D eigenvalue weighted by Crippen LogP contribution is -2.28. The first-order chi connectivity index (χ1) is 7.40. The first-order valence-electron chi connectivity index (χ1n) is 4.60. The summed E-state index contributed by atoms with van der Waals surface area (Å²) < 4.78 is 24.0. The second-order valence-corrected chi connectivity index (χ2v) is 6.41. The Morgan fingerprint density at radius 3 is 2.44 bits per heavy atom. The molecule has 0 amide bonds. The van der Waals surface area contributed by atoms with Crippen LogP contribution in [0.1, 0.15) is 6.42 Å². The third kappa shape index (κ3) is 1.69. The topological polar surface area (TPSA) is 83.9 Å². The van der Waals surface area contributed by atoms with Crippen molar-refractivity contribution in [3.05, 3.63) is 29.3 Å². The molecule has 1 saturated carbocycles. The van der Waals surface area contributed by atoms with Gasteiger partial charge in [0.15, 0.2) is 9.84 Å². The third-order valence-corrected chi connectivity index (χ3v) is 5.18. The van der Waals surface area contributed by atoms with E-state index >= 15 is 0 Å². The number of halogens is 1. The largest absolute Gasteiger partial charge is 0.312 e. The Hall–Kier alpha value is -1.09. The zero-order chi connectivity index (χ0) is 12.0. The Balaban J connectivity index is 2.36. The van der Waals surface area contributed by atoms with Gasteiger partial charge in [0, 0.05) is 5.02 Å². The second kappa shape index (κ2) is 3.45. The first kappa shape index (κ1) is 11.4. The number of nitrogens with zero attached hydrogens (tertiary/aromatic N) is 1. The van der Waals surface area contributed by atoms with Crippen molar-refractivity contribution in [2.24, 2.45) is 5.73 Å². The van der Waals surface area contributed by atoms with Crippen molar-refractivity contribution in [3.8, 4) is 6.07 Å². The number of nitrogens with two attached hydrogens (primary N) is 1. The van der Waals surface area contributed by atoms with E-state index < -0.39 is 20.6 Å². The summed E-state index contributed by atoms with van der Waals surface area (Å²) in [5.41, 5.74) is 4.35. The maximum absolute atomic E-state index is 12.0. The first-order valence-corrected chi connectivity index (χ1v) is 6.52. The molecular weight excluding hydrogens is 248 g/mol. The molecule has 0 aliphatic heterocycles. The Morgan fingerprint density at radius 1 is 1.44 bits per heavy atom. The quantitative estimate of drug-likeness (QED) is 0.859. The van der Waals surface area contributed by atoms with Gasteiger partial charge in [0.05, 0.1) is 11.0 Å². The summed E-state index contributed by atoms with van der Waals surface area (Å²) in [6.07, 6.45) is 0.189. The fourth-order valence-electron chi connectivity index (χ4n) is 1.54. The minimum atomic E-state index is -3.51. The molecule has 2 N–H and O–H groups in total. The Morgan fingerprint density at radius 2 is 2.00 bits per heavy atom. The van der Waals surface area contributed by atoms with E-state index in [0.717, 1.165) is 0 Å². The fraction of sp³-hybridized carbons (Fsp3) is 0.300. The number of hydrogen-bond donors (Lipinski definition) is 1. The van der Waals surface area contributed by atoms with Gasteiger partial charge in [-0.1, -0.05) is 11.6 Å². The Labute approximate surface area is 98.5 Å². The highest BCUT2D eigenvalue weighted by atomic mass is 35.5. The summed E-state index contributed by atoms with van der Waals surface area (Å²) >= 11 is 5.67. The molecule has 6 heteroatoms. The van der Waals surface area contributed by atoms with Crippen molar-refractivity contribution in [1.29, 1.82) is 5.26 Å². The molecule has 1 aromatic rings. The van der Waals surface area contributed by atoms with E-state index in [9.17, 15) is 8.42 Å². The molecule has 1 fully saturated rings. The Bertz CT molecular complexity index is 561. The molecule has 1 aromatic carbocycles. The summed E-state index contributed by atoms with van der Waals surface area (Å²) in [4.78, 5) is 0.157. The highest BCUT2D eigenvalue weighted by Gasteiger charge is 2.60. The number of nitriles is 1. The van der Waals surface area contributed by atoms with Gasteiger partial charge in [-0.3, -0.25) is 0 Å². The third-order valence-electron chi connectivity index (χ3n) is 2.66. The van der Waals surface area contributed by atoms with Gasteiger partial charge in [0.25, 0.3) is 0 Å². The molecule has 0 heterocycles. The van der Waals surface area contributed by atoms with Crippen molar-refractivity contribution in [1.82, 2.24) is 0 Å². The normalized spacial score (nSPS) is 28.4. The van der Waals surface area contributed by atoms with Crippen LogP contribution in [0.15, 0.2) is 29.2 Å². The predicted octanol–water partition coefficient (Wildman–Crippen LogP) is 1.11. The summed E-state index contributed by atoms with van der Waals surface area (Å²) in [6, 6.07) is 7.68. The van der Waals surface area contributed by atoms with Crippen LogP contribution in [0.5, 0.6) is 0 Å². The molecule has 2 unspecified atom stereocenters. The molecule has 1 aliphatic carbocycles. The van der Waals surface area contributed by atoms with Crippen LogP contribution < -0.4 is 5.73 Å². The number of hydrogen-bond acceptors (Lipinski definition) is 4. The summed E-state index contributed by atoms with van der Waals surface area (Å²) in [6.45, 7) is 0. The molecule has 16 heavy (non-hydrogen) atoms. The Kier molecular flexibility index (Phi) is 2.46. The lowest BCUT2D eigenvalue weighted by atomic mass is 10.3. The summed E-state index contributed by atoms with van der Waals surface area (Å²) in [5.74, 6) is 0. The minimum absolute atomic E-state index is 0.157. The monoisotopic (exact) mass is 256 g/mol. The van der Waals surface area contributed by atoms with E-state index in [2.05, 4.69) is 0 Å². The smallest absolute Gasteiger partial charge is 0.184 e. The van der Waals surface area contributed by atoms with Gasteiger partial charge in [-0.05, 0) is 30.7 Å². The van der Waals surface area contributed by atoms with E-state index in [1.54, 1.807) is 0 Å². The van der Waals surface area contributed by atoms with Crippen molar-refractivity contribution >= 4 is 21.4 Å². The van der Waals surface area contributed by atoms with Crippen LogP contribution in [0, 0.1) is 11.3 Å². The van der Waals surface area contributed by atoms with E-state index in [-0.39, 0.29) is 11.3 Å². The molecular formula is C10H9ClN2O2S. The van der Waals surface area contributed by atoms with Gasteiger partial charge in [0.2, 0.25) is 0 Å². The van der Waals surface area contributed by atoms with Crippen LogP contribution in [0.3, 0.4) is 0 Å². The van der Waals surface area contributed by atoms with Crippen LogP contribution in [-0.4, -0.2) is 19.2 Å². The molecule has 0 saturated heterocycles. The molecule has 0 bridgehead atoms. The minimum Gasteiger partial charge on any atom is -0.312 e. The summed E-state index contributed by atoms with van der Waals surface area (Å²) in [5, 5.41) is 8.40. The maximum atomic E-state index is 12.0. The SMILES string of the molecule is N#CC1(N)CC1S(=O)(=O)c1ccc(Cl)cc1. The molecule has 4 nitrogen and oxygen atoms in total. The zero-order valence-electron chi connectivity index (χ0n) is 8.22. The van der Waals surface area contributed by atoms with Crippen LogP contribution in [0.4, 0.5) is 0 Å². The van der Waals surface area contributed by atoms with Gasteiger partial charge in [-0.25, -0.2) is 8.42 Å². The number of benzene rings is 1. The number of rotatable bonds is 2. The molecule has 0 aromatic heterocycles. The van der Waals surface area contributed by atoms with Crippen LogP contribution >= 0.6 is 11.6 Å². The van der Waals surface area contributed by atoms with Crippen LogP contribution in [0.25, 0.3) is 0 Å². The van der Waals surface area contributed by atoms with Gasteiger partial charge >= 0.3 is 0 Å². The average Bonchev–Trinajstić information content (AvgIpc) is 2.93. The second-order valence-electron chi connectivity index (χ2n) is 3.84. The molecule has 84 valence electrons. The average molecular weight is 257 g/mol. The molecule has 2 atom stereocenters. The van der Waals surface area contributed by atoms with Crippen molar-refractivity contribution in [3.63, 3.8) is 0 Å². The van der Waals surface area contributed by atoms with Crippen molar-refractivity contribution in [2.45, 2.75) is 22.1 Å². The van der Waals surface area contributed by atoms with Gasteiger partial charge in [-0.2, -0.15) is 5.26 Å². The lowest BCUT2D eigenvalue weighted by Gasteiger charge is -2.04. The summed E-state index contributed by atoms with van der Waals surface area (Å²) in [7, 11) is -3.51. The molecule has 2 rings (SSSR count). The van der Waals surface area contributed by atoms with E-state index in [0.29, 0.717) is 5.02 Å². The molecule has 1 aliphatic rings. The maximum Gasteiger partial charge on any atom is 0.184 e. The van der Waals surface area contributed by atoms with Gasteiger partial charge in [0.1, 0.15) is 10.8 Å². The number of sulfone groups is 1. The molecule has 0 radical (unpaired) electrons. The van der Waals surface area contributed by atoms with Gasteiger partial charge < -0.3 is 5.73 Å². The fourth-order valence-corrected chi connectivity index (χ4v) is 3.61. The van der Waals surface area contributed by atoms with Crippen LogP contribution in [-0.2, 0) is 9.84 Å². The van der Waals surface area contributed by atoms with Crippen molar-refractivity contribution < 1.29 is 8.42 Å².